The van der Waals surface area contributed by atoms with E-state index in [2.05, 4.69) is 21.9 Å². The van der Waals surface area contributed by atoms with Gasteiger partial charge in [-0.05, 0) is 60.9 Å². The lowest BCUT2D eigenvalue weighted by atomic mass is 10.0. The Morgan fingerprint density at radius 3 is 2.43 bits per heavy atom. The van der Waals surface area contributed by atoms with Crippen molar-refractivity contribution >= 4 is 39.5 Å². The molecule has 286 valence electrons. The van der Waals surface area contributed by atoms with Gasteiger partial charge in [0.2, 0.25) is 27.7 Å². The Morgan fingerprint density at radius 1 is 1.09 bits per heavy atom. The highest BCUT2D eigenvalue weighted by atomic mass is 32.2. The smallest absolute Gasteiger partial charge is 0.416 e. The second-order valence-corrected chi connectivity index (χ2v) is 16.5. The lowest BCUT2D eigenvalue weighted by molar-refractivity contribution is -0.140. The van der Waals surface area contributed by atoms with Crippen molar-refractivity contribution in [2.24, 2.45) is 17.3 Å². The third-order valence-corrected chi connectivity index (χ3v) is 12.2. The zero-order valence-corrected chi connectivity index (χ0v) is 29.9. The number of anilines is 1. The van der Waals surface area contributed by atoms with Crippen LogP contribution in [0.3, 0.4) is 0 Å². The number of ether oxygens (including phenoxy) is 1. The van der Waals surface area contributed by atoms with Gasteiger partial charge in [0.1, 0.15) is 24.0 Å². The first-order valence-corrected chi connectivity index (χ1v) is 18.9. The molecule has 12 nitrogen and oxygen atoms in total. The zero-order chi connectivity index (χ0) is 38.5. The van der Waals surface area contributed by atoms with Gasteiger partial charge in [0.15, 0.2) is 0 Å². The van der Waals surface area contributed by atoms with Crippen molar-refractivity contribution in [3.05, 3.63) is 77.6 Å². The first-order valence-electron chi connectivity index (χ1n) is 17.4. The number of sulfonamides is 1. The standard InChI is InChI=1S/C36H41F4N5O7S/c1-4-22-15-35(22,33(48)43-53(50,51)26-11-12-26)19-41-31(46)29-14-25(52-34(49)44-16-21-7-5-10-28(37)27(21)18-44)17-45(29)32(47)30(20(2)3)42-24-9-6-8-23(13-24)36(38,39)40/h4-10,13,20,22,25-26,29-30,42H,1,11-12,14-19H2,2-3H3,(H,41,46)(H,43,48)/t22-,25-,29+,30+,35-/m1/s1. The summed E-state index contributed by atoms with van der Waals surface area (Å²) in [5.41, 5.74) is -1.22. The quantitative estimate of drug-likeness (QED) is 0.214. The summed E-state index contributed by atoms with van der Waals surface area (Å²) < 4.78 is 87.8. The number of likely N-dealkylation sites (tertiary alicyclic amines) is 1. The third kappa shape index (κ3) is 7.99. The SMILES string of the molecule is C=C[C@@H]1C[C@]1(CNC(=O)[C@@H]1C[C@@H](OC(=O)N2Cc3cccc(F)c3C2)CN1C(=O)[C@@H](Nc1cccc(C(F)(F)F)c1)C(C)C)C(=O)NS(=O)(=O)C1CC1. The molecule has 0 radical (unpaired) electrons. The summed E-state index contributed by atoms with van der Waals surface area (Å²) in [4.78, 5) is 57.2. The molecule has 1 saturated heterocycles. The maximum Gasteiger partial charge on any atom is 0.416 e. The summed E-state index contributed by atoms with van der Waals surface area (Å²) in [6.07, 6.45) is -3.97. The van der Waals surface area contributed by atoms with Crippen LogP contribution in [0.5, 0.6) is 0 Å². The molecule has 0 spiro atoms. The Hall–Kier alpha value is -4.67. The molecule has 53 heavy (non-hydrogen) atoms. The van der Waals surface area contributed by atoms with Crippen LogP contribution in [0.2, 0.25) is 0 Å². The summed E-state index contributed by atoms with van der Waals surface area (Å²) >= 11 is 0. The summed E-state index contributed by atoms with van der Waals surface area (Å²) in [7, 11) is -3.88. The lowest BCUT2D eigenvalue weighted by Gasteiger charge is -2.31. The van der Waals surface area contributed by atoms with Gasteiger partial charge in [-0.15, -0.1) is 6.58 Å². The number of benzene rings is 2. The van der Waals surface area contributed by atoms with E-state index in [1.165, 1.54) is 40.1 Å². The van der Waals surface area contributed by atoms with Gasteiger partial charge < -0.3 is 20.3 Å². The predicted molar refractivity (Wildman–Crippen MR) is 184 cm³/mol. The molecule has 3 N–H and O–H groups in total. The van der Waals surface area contributed by atoms with E-state index in [0.717, 1.165) is 12.1 Å². The molecule has 2 aliphatic carbocycles. The van der Waals surface area contributed by atoms with Crippen LogP contribution in [0.15, 0.2) is 55.1 Å². The largest absolute Gasteiger partial charge is 0.444 e. The number of rotatable bonds is 12. The van der Waals surface area contributed by atoms with Crippen molar-refractivity contribution in [2.45, 2.75) is 82.2 Å². The predicted octanol–water partition coefficient (Wildman–Crippen LogP) is 4.32. The summed E-state index contributed by atoms with van der Waals surface area (Å²) in [5, 5.41) is 4.93. The van der Waals surface area contributed by atoms with E-state index < -0.39 is 92.1 Å². The minimum Gasteiger partial charge on any atom is -0.444 e. The Labute approximate surface area is 304 Å². The fourth-order valence-corrected chi connectivity index (χ4v) is 8.39. The van der Waals surface area contributed by atoms with E-state index in [0.29, 0.717) is 24.0 Å². The lowest BCUT2D eigenvalue weighted by Crippen LogP contribution is -2.53. The fraction of sp³-hybridized carbons (Fsp3) is 0.500. The molecule has 0 bridgehead atoms. The molecule has 4 aliphatic rings. The fourth-order valence-electron chi connectivity index (χ4n) is 7.00. The van der Waals surface area contributed by atoms with Crippen molar-refractivity contribution in [3.63, 3.8) is 0 Å². The number of alkyl halides is 3. The molecule has 4 amide bonds. The van der Waals surface area contributed by atoms with Crippen LogP contribution in [0, 0.1) is 23.1 Å². The van der Waals surface area contributed by atoms with Crippen LogP contribution in [-0.2, 0) is 48.4 Å². The van der Waals surface area contributed by atoms with E-state index in [1.807, 2.05) is 0 Å². The molecule has 2 aliphatic heterocycles. The van der Waals surface area contributed by atoms with Gasteiger partial charge in [0.25, 0.3) is 0 Å². The van der Waals surface area contributed by atoms with Gasteiger partial charge >= 0.3 is 12.3 Å². The summed E-state index contributed by atoms with van der Waals surface area (Å²) in [6.45, 7) is 6.61. The van der Waals surface area contributed by atoms with Crippen molar-refractivity contribution in [2.75, 3.05) is 18.4 Å². The second kappa shape index (κ2) is 14.3. The van der Waals surface area contributed by atoms with Crippen molar-refractivity contribution in [1.82, 2.24) is 19.8 Å². The molecule has 2 saturated carbocycles. The molecule has 2 aromatic carbocycles. The monoisotopic (exact) mass is 763 g/mol. The average molecular weight is 764 g/mol. The average Bonchev–Trinajstić information content (AvgIpc) is 4.00. The maximum atomic E-state index is 14.4. The molecular formula is C36H41F4N5O7S. The maximum absolute atomic E-state index is 14.4. The Bertz CT molecular complexity index is 1920. The molecule has 6 rings (SSSR count). The highest BCUT2D eigenvalue weighted by molar-refractivity contribution is 7.90. The molecule has 2 aromatic rings. The molecule has 0 aromatic heterocycles. The number of amides is 4. The van der Waals surface area contributed by atoms with Crippen molar-refractivity contribution < 1.29 is 49.9 Å². The van der Waals surface area contributed by atoms with Crippen molar-refractivity contribution in [1.29, 1.82) is 0 Å². The number of nitrogens with zero attached hydrogens (tertiary/aromatic N) is 2. The van der Waals surface area contributed by atoms with Crippen LogP contribution < -0.4 is 15.4 Å². The number of nitrogens with one attached hydrogen (secondary N) is 3. The van der Waals surface area contributed by atoms with Crippen molar-refractivity contribution in [3.8, 4) is 0 Å². The van der Waals surface area contributed by atoms with Gasteiger partial charge in [-0.1, -0.05) is 38.1 Å². The Morgan fingerprint density at radius 2 is 1.81 bits per heavy atom. The first kappa shape index (κ1) is 38.1. The van der Waals surface area contributed by atoms with E-state index in [9.17, 15) is 45.2 Å². The number of hydrogen-bond acceptors (Lipinski definition) is 8. The molecule has 5 atom stereocenters. The minimum absolute atomic E-state index is 0.0224. The normalized spacial score (nSPS) is 24.3. The van der Waals surface area contributed by atoms with E-state index in [1.54, 1.807) is 19.9 Å². The van der Waals surface area contributed by atoms with Crippen LogP contribution in [0.1, 0.15) is 56.2 Å². The molecule has 2 heterocycles. The van der Waals surface area contributed by atoms with E-state index in [4.69, 9.17) is 4.74 Å². The number of halogens is 4. The molecule has 3 fully saturated rings. The Kier molecular flexibility index (Phi) is 10.3. The van der Waals surface area contributed by atoms with Crippen LogP contribution >= 0.6 is 0 Å². The van der Waals surface area contributed by atoms with Gasteiger partial charge in [0.05, 0.1) is 29.3 Å². The summed E-state index contributed by atoms with van der Waals surface area (Å²) in [6, 6.07) is 6.51. The topological polar surface area (TPSA) is 154 Å². The zero-order valence-electron chi connectivity index (χ0n) is 29.1. The molecular weight excluding hydrogens is 722 g/mol. The van der Waals surface area contributed by atoms with Crippen LogP contribution in [0.25, 0.3) is 0 Å². The van der Waals surface area contributed by atoms with Crippen LogP contribution in [0.4, 0.5) is 28.0 Å². The first-order chi connectivity index (χ1) is 24.9. The number of carbonyl (C=O) groups excluding carboxylic acids is 4. The van der Waals surface area contributed by atoms with Gasteiger partial charge in [-0.2, -0.15) is 13.2 Å². The number of allylic oxidation sites excluding steroid dienone is 1. The highest BCUT2D eigenvalue weighted by Crippen LogP contribution is 2.53. The van der Waals surface area contributed by atoms with Gasteiger partial charge in [-0.25, -0.2) is 17.6 Å². The minimum atomic E-state index is -4.63. The van der Waals surface area contributed by atoms with E-state index >= 15 is 0 Å². The van der Waals surface area contributed by atoms with Gasteiger partial charge in [-0.3, -0.25) is 24.0 Å². The van der Waals surface area contributed by atoms with Gasteiger partial charge in [0, 0.05) is 30.8 Å². The number of fused-ring (bicyclic) bond motifs is 1. The number of carbonyl (C=O) groups is 4. The van der Waals surface area contributed by atoms with E-state index in [-0.39, 0.29) is 44.7 Å². The highest BCUT2D eigenvalue weighted by Gasteiger charge is 2.60. The second-order valence-electron chi connectivity index (χ2n) is 14.5. The Balaban J connectivity index is 1.20. The van der Waals surface area contributed by atoms with Crippen LogP contribution in [-0.4, -0.2) is 78.6 Å². The molecule has 17 heteroatoms. The third-order valence-electron chi connectivity index (χ3n) is 10.4. The molecule has 0 unspecified atom stereocenters. The number of hydrogen-bond donors (Lipinski definition) is 3. The summed E-state index contributed by atoms with van der Waals surface area (Å²) in [5.74, 6) is -3.50.